The van der Waals surface area contributed by atoms with E-state index < -0.39 is 0 Å². The minimum Gasteiger partial charge on any atom is -1.00 e. The maximum atomic E-state index is 8.51. The van der Waals surface area contributed by atoms with Gasteiger partial charge < -0.3 is 12.4 Å². The van der Waals surface area contributed by atoms with Crippen molar-refractivity contribution >= 4 is 17.1 Å². The summed E-state index contributed by atoms with van der Waals surface area (Å²) in [6.07, 6.45) is 0. The first kappa shape index (κ1) is 12.8. The van der Waals surface area contributed by atoms with Crippen LogP contribution in [0.25, 0.3) is 4.98 Å². The molecule has 0 fully saturated rings. The van der Waals surface area contributed by atoms with E-state index in [2.05, 4.69) is 15.2 Å². The van der Waals surface area contributed by atoms with Crippen molar-refractivity contribution in [1.82, 2.24) is 0 Å². The smallest absolute Gasteiger partial charge is 0.385 e. The van der Waals surface area contributed by atoms with Gasteiger partial charge in [0.25, 0.3) is 0 Å². The Hall–Kier alpha value is -2.25. The highest BCUT2D eigenvalue weighted by atomic mass is 35.5. The van der Waals surface area contributed by atoms with E-state index in [4.69, 9.17) is 5.39 Å². The van der Waals surface area contributed by atoms with E-state index >= 15 is 0 Å². The van der Waals surface area contributed by atoms with Crippen LogP contribution in [-0.2, 0) is 0 Å². The Morgan fingerprint density at radius 3 is 1.82 bits per heavy atom. The number of azo groups is 1. The third-order valence-electron chi connectivity index (χ3n) is 2.00. The molecule has 0 bridgehead atoms. The lowest BCUT2D eigenvalue weighted by molar-refractivity contribution is -0.00000349. The first-order valence-electron chi connectivity index (χ1n) is 4.80. The third-order valence-corrected chi connectivity index (χ3v) is 2.00. The monoisotopic (exact) mass is 244 g/mol. The zero-order valence-corrected chi connectivity index (χ0v) is 9.62. The van der Waals surface area contributed by atoms with E-state index in [0.29, 0.717) is 5.69 Å². The quantitative estimate of drug-likeness (QED) is 0.585. The lowest BCUT2D eigenvalue weighted by atomic mass is 10.3. The molecule has 17 heavy (non-hydrogen) atoms. The van der Waals surface area contributed by atoms with E-state index in [9.17, 15) is 0 Å². The van der Waals surface area contributed by atoms with Crippen LogP contribution >= 0.6 is 0 Å². The Morgan fingerprint density at radius 2 is 1.29 bits per heavy atom. The van der Waals surface area contributed by atoms with Crippen LogP contribution in [0.5, 0.6) is 0 Å². The summed E-state index contributed by atoms with van der Waals surface area (Å²) in [5, 5.41) is 16.6. The van der Waals surface area contributed by atoms with Crippen LogP contribution in [0.1, 0.15) is 0 Å². The van der Waals surface area contributed by atoms with Gasteiger partial charge in [0, 0.05) is 12.1 Å². The summed E-state index contributed by atoms with van der Waals surface area (Å²) >= 11 is 0. The van der Waals surface area contributed by atoms with Gasteiger partial charge in [0.1, 0.15) is 0 Å². The number of diazo groups is 1. The lowest BCUT2D eigenvalue weighted by Crippen LogP contribution is -3.00. The molecule has 4 nitrogen and oxygen atoms in total. The standard InChI is InChI=1S/C12H9N4.ClH/c13-14-10-6-8-12(9-7-10)16-15-11-4-2-1-3-5-11;/h1-9H;1H/q+1;/p-1. The summed E-state index contributed by atoms with van der Waals surface area (Å²) in [5.41, 5.74) is 2.02. The Kier molecular flexibility index (Phi) is 4.79. The highest BCUT2D eigenvalue weighted by Crippen LogP contribution is 2.20. The Labute approximate surface area is 105 Å². The second-order valence-corrected chi connectivity index (χ2v) is 3.15. The molecule has 0 unspecified atom stereocenters. The van der Waals surface area contributed by atoms with Crippen LogP contribution < -0.4 is 12.4 Å². The van der Waals surface area contributed by atoms with Gasteiger partial charge in [-0.3, -0.25) is 0 Å². The Morgan fingerprint density at radius 1 is 0.765 bits per heavy atom. The number of hydrogen-bond donors (Lipinski definition) is 0. The zero-order valence-electron chi connectivity index (χ0n) is 8.86. The molecule has 0 aliphatic carbocycles. The molecule has 84 valence electrons. The topological polar surface area (TPSA) is 52.9 Å². The number of benzene rings is 2. The average Bonchev–Trinajstić information content (AvgIpc) is 2.38. The van der Waals surface area contributed by atoms with Crippen LogP contribution in [0, 0.1) is 5.39 Å². The van der Waals surface area contributed by atoms with E-state index in [1.54, 1.807) is 24.3 Å². The maximum Gasteiger partial charge on any atom is 0.385 e. The molecule has 0 saturated carbocycles. The average molecular weight is 245 g/mol. The fourth-order valence-electron chi connectivity index (χ4n) is 1.20. The Balaban J connectivity index is 0.00000144. The summed E-state index contributed by atoms with van der Waals surface area (Å²) in [7, 11) is 0. The molecule has 2 aromatic rings. The van der Waals surface area contributed by atoms with E-state index in [1.165, 1.54) is 0 Å². The van der Waals surface area contributed by atoms with Gasteiger partial charge in [-0.15, -0.1) is 0 Å². The largest absolute Gasteiger partial charge is 1.00 e. The summed E-state index contributed by atoms with van der Waals surface area (Å²) in [6.45, 7) is 0. The minimum atomic E-state index is 0. The Bertz CT molecular complexity index is 529. The van der Waals surface area contributed by atoms with Crippen molar-refractivity contribution in [2.24, 2.45) is 10.2 Å². The fourth-order valence-corrected chi connectivity index (χ4v) is 1.20. The summed E-state index contributed by atoms with van der Waals surface area (Å²) in [6, 6.07) is 16.3. The van der Waals surface area contributed by atoms with Gasteiger partial charge >= 0.3 is 5.69 Å². The molecule has 0 amide bonds. The van der Waals surface area contributed by atoms with Crippen molar-refractivity contribution in [3.63, 3.8) is 0 Å². The van der Waals surface area contributed by atoms with Gasteiger partial charge in [0.05, 0.1) is 11.4 Å². The van der Waals surface area contributed by atoms with Crippen molar-refractivity contribution in [2.45, 2.75) is 0 Å². The van der Waals surface area contributed by atoms with Gasteiger partial charge in [-0.25, -0.2) is 0 Å². The van der Waals surface area contributed by atoms with Crippen molar-refractivity contribution in [3.05, 3.63) is 59.6 Å². The summed E-state index contributed by atoms with van der Waals surface area (Å²) < 4.78 is 0. The summed E-state index contributed by atoms with van der Waals surface area (Å²) in [4.78, 5) is 3.06. The highest BCUT2D eigenvalue weighted by molar-refractivity contribution is 5.51. The van der Waals surface area contributed by atoms with Crippen LogP contribution in [-0.4, -0.2) is 0 Å². The van der Waals surface area contributed by atoms with Crippen LogP contribution in [0.4, 0.5) is 17.1 Å². The number of hydrogen-bond acceptors (Lipinski definition) is 3. The molecule has 0 atom stereocenters. The molecule has 2 aromatic carbocycles. The van der Waals surface area contributed by atoms with E-state index in [1.807, 2.05) is 30.3 Å². The van der Waals surface area contributed by atoms with Gasteiger partial charge in [-0.2, -0.15) is 10.2 Å². The molecule has 2 rings (SSSR count). The molecular formula is C12H9ClN4. The van der Waals surface area contributed by atoms with E-state index in [-0.39, 0.29) is 12.4 Å². The molecule has 0 heterocycles. The van der Waals surface area contributed by atoms with E-state index in [0.717, 1.165) is 11.4 Å². The normalized spacial score (nSPS) is 9.59. The van der Waals surface area contributed by atoms with Crippen molar-refractivity contribution in [1.29, 1.82) is 5.39 Å². The third kappa shape index (κ3) is 3.67. The summed E-state index contributed by atoms with van der Waals surface area (Å²) in [5.74, 6) is 0. The minimum absolute atomic E-state index is 0. The highest BCUT2D eigenvalue weighted by Gasteiger charge is 2.01. The number of rotatable bonds is 2. The molecule has 0 N–H and O–H groups in total. The van der Waals surface area contributed by atoms with Crippen LogP contribution in [0.3, 0.4) is 0 Å². The van der Waals surface area contributed by atoms with Crippen LogP contribution in [0.2, 0.25) is 0 Å². The zero-order chi connectivity index (χ0) is 11.2. The second-order valence-electron chi connectivity index (χ2n) is 3.15. The van der Waals surface area contributed by atoms with Gasteiger partial charge in [-0.1, -0.05) is 18.2 Å². The first-order chi connectivity index (χ1) is 7.88. The van der Waals surface area contributed by atoms with Crippen molar-refractivity contribution < 1.29 is 12.4 Å². The predicted molar refractivity (Wildman–Crippen MR) is 61.8 cm³/mol. The van der Waals surface area contributed by atoms with Crippen molar-refractivity contribution in [3.8, 4) is 0 Å². The molecule has 0 aliphatic heterocycles. The van der Waals surface area contributed by atoms with Crippen LogP contribution in [0.15, 0.2) is 64.8 Å². The number of nitrogens with zero attached hydrogens (tertiary/aromatic N) is 4. The predicted octanol–water partition coefficient (Wildman–Crippen LogP) is 1.59. The molecular weight excluding hydrogens is 236 g/mol. The first-order valence-corrected chi connectivity index (χ1v) is 4.80. The maximum absolute atomic E-state index is 8.51. The SMILES string of the molecule is N#[N+]c1ccc(N=Nc2ccccc2)cc1.[Cl-]. The van der Waals surface area contributed by atoms with Gasteiger partial charge in [0.2, 0.25) is 5.39 Å². The molecule has 0 aliphatic rings. The lowest BCUT2D eigenvalue weighted by Gasteiger charge is -1.90. The van der Waals surface area contributed by atoms with Crippen molar-refractivity contribution in [2.75, 3.05) is 0 Å². The second kappa shape index (κ2) is 6.36. The molecule has 0 spiro atoms. The molecule has 0 saturated heterocycles. The number of halogens is 1. The van der Waals surface area contributed by atoms with Gasteiger partial charge in [-0.05, 0) is 24.3 Å². The molecule has 0 radical (unpaired) electrons. The fraction of sp³-hybridized carbons (Fsp3) is 0. The molecule has 5 heteroatoms. The van der Waals surface area contributed by atoms with Gasteiger partial charge in [0.15, 0.2) is 4.98 Å². The molecule has 0 aromatic heterocycles.